The number of carbonyl (C=O) groups excluding carboxylic acids is 3. The summed E-state index contributed by atoms with van der Waals surface area (Å²) in [5.41, 5.74) is 1.57. The molecule has 2 amide bonds. The summed E-state index contributed by atoms with van der Waals surface area (Å²) >= 11 is 0. The summed E-state index contributed by atoms with van der Waals surface area (Å²) in [5.74, 6) is -1.82. The normalized spacial score (nSPS) is 13.1. The molecule has 9 heteroatoms. The van der Waals surface area contributed by atoms with E-state index in [-0.39, 0.29) is 18.9 Å². The predicted molar refractivity (Wildman–Crippen MR) is 130 cm³/mol. The van der Waals surface area contributed by atoms with Crippen LogP contribution in [0.15, 0.2) is 60.7 Å². The molecule has 0 radical (unpaired) electrons. The highest BCUT2D eigenvalue weighted by atomic mass is 32.2. The molecule has 0 unspecified atom stereocenters. The smallest absolute Gasteiger partial charge is 0.408 e. The molecular formula is C25H32N2O6S. The molecule has 0 fully saturated rings. The summed E-state index contributed by atoms with van der Waals surface area (Å²) in [4.78, 5) is 38.1. The van der Waals surface area contributed by atoms with Gasteiger partial charge in [-0.25, -0.2) is 13.2 Å². The van der Waals surface area contributed by atoms with Crippen LogP contribution in [0.4, 0.5) is 4.79 Å². The van der Waals surface area contributed by atoms with E-state index in [4.69, 9.17) is 4.74 Å². The molecule has 2 N–H and O–H groups in total. The largest absolute Gasteiger partial charge is 0.445 e. The fourth-order valence-electron chi connectivity index (χ4n) is 3.34. The van der Waals surface area contributed by atoms with Crippen molar-refractivity contribution in [2.75, 3.05) is 12.0 Å². The van der Waals surface area contributed by atoms with Crippen molar-refractivity contribution in [1.82, 2.24) is 10.6 Å². The van der Waals surface area contributed by atoms with Crippen molar-refractivity contribution >= 4 is 27.6 Å². The zero-order valence-electron chi connectivity index (χ0n) is 19.7. The first-order valence-electron chi connectivity index (χ1n) is 11.1. The summed E-state index contributed by atoms with van der Waals surface area (Å²) in [6, 6.07) is 16.1. The second-order valence-electron chi connectivity index (χ2n) is 8.68. The Bertz CT molecular complexity index is 1060. The minimum atomic E-state index is -3.58. The van der Waals surface area contributed by atoms with Crippen LogP contribution >= 0.6 is 0 Å². The molecule has 0 aliphatic heterocycles. The van der Waals surface area contributed by atoms with Gasteiger partial charge in [0, 0.05) is 6.26 Å². The van der Waals surface area contributed by atoms with Gasteiger partial charge in [0.2, 0.25) is 5.91 Å². The van der Waals surface area contributed by atoms with Gasteiger partial charge in [0.25, 0.3) is 0 Å². The molecule has 2 aromatic carbocycles. The Hall–Kier alpha value is -3.20. The first-order valence-corrected chi connectivity index (χ1v) is 13.1. The third kappa shape index (κ3) is 10.2. The van der Waals surface area contributed by atoms with Crippen LogP contribution in [-0.4, -0.2) is 50.3 Å². The summed E-state index contributed by atoms with van der Waals surface area (Å²) in [5, 5.41) is 5.22. The number of ketones is 1. The van der Waals surface area contributed by atoms with Crippen LogP contribution in [0.3, 0.4) is 0 Å². The molecule has 184 valence electrons. The van der Waals surface area contributed by atoms with Gasteiger partial charge in [-0.2, -0.15) is 0 Å². The lowest BCUT2D eigenvalue weighted by Crippen LogP contribution is -2.53. The molecule has 0 aliphatic rings. The van der Waals surface area contributed by atoms with E-state index in [0.29, 0.717) is 6.42 Å². The molecule has 34 heavy (non-hydrogen) atoms. The minimum absolute atomic E-state index is 0.0478. The molecule has 0 saturated carbocycles. The van der Waals surface area contributed by atoms with E-state index < -0.39 is 45.5 Å². The first-order chi connectivity index (χ1) is 16.0. The number of nitrogens with one attached hydrogen (secondary N) is 2. The van der Waals surface area contributed by atoms with Crippen molar-refractivity contribution in [2.24, 2.45) is 5.92 Å². The highest BCUT2D eigenvalue weighted by Crippen LogP contribution is 2.10. The van der Waals surface area contributed by atoms with Gasteiger partial charge in [-0.05, 0) is 29.9 Å². The molecular weight excluding hydrogens is 456 g/mol. The van der Waals surface area contributed by atoms with Gasteiger partial charge in [-0.3, -0.25) is 9.59 Å². The maximum Gasteiger partial charge on any atom is 0.408 e. The zero-order chi connectivity index (χ0) is 25.1. The number of ether oxygens (including phenoxy) is 1. The van der Waals surface area contributed by atoms with Crippen molar-refractivity contribution < 1.29 is 27.5 Å². The number of rotatable bonds is 12. The Morgan fingerprint density at radius 3 is 1.94 bits per heavy atom. The van der Waals surface area contributed by atoms with E-state index in [9.17, 15) is 22.8 Å². The Morgan fingerprint density at radius 1 is 0.853 bits per heavy atom. The Labute approximate surface area is 201 Å². The molecule has 2 aromatic rings. The average Bonchev–Trinajstić information content (AvgIpc) is 2.76. The number of hydrogen-bond donors (Lipinski definition) is 2. The quantitative estimate of drug-likeness (QED) is 0.474. The standard InChI is InChI=1S/C25H32N2O6S/c1-18(2)14-22(27-25(30)33-16-20-12-8-5-9-13-20)24(29)26-21(23(28)17-34(3,31)32)15-19-10-6-4-7-11-19/h4-13,18,21-22H,14-17H2,1-3H3,(H,26,29)(H,27,30)/t21-,22-/m0/s1. The van der Waals surface area contributed by atoms with Gasteiger partial charge < -0.3 is 15.4 Å². The number of amides is 2. The zero-order valence-corrected chi connectivity index (χ0v) is 20.5. The summed E-state index contributed by atoms with van der Waals surface area (Å²) in [7, 11) is -3.58. The van der Waals surface area contributed by atoms with Crippen molar-refractivity contribution in [3.05, 3.63) is 71.8 Å². The fourth-order valence-corrected chi connectivity index (χ4v) is 4.05. The van der Waals surface area contributed by atoms with Crippen molar-refractivity contribution in [3.8, 4) is 0 Å². The van der Waals surface area contributed by atoms with Gasteiger partial charge in [0.1, 0.15) is 18.4 Å². The maximum atomic E-state index is 13.1. The second kappa shape index (κ2) is 12.9. The second-order valence-corrected chi connectivity index (χ2v) is 10.8. The maximum absolute atomic E-state index is 13.1. The monoisotopic (exact) mass is 488 g/mol. The molecule has 8 nitrogen and oxygen atoms in total. The Kier molecular flexibility index (Phi) is 10.2. The highest BCUT2D eigenvalue weighted by molar-refractivity contribution is 7.91. The van der Waals surface area contributed by atoms with Gasteiger partial charge in [-0.1, -0.05) is 74.5 Å². The number of benzene rings is 2. The minimum Gasteiger partial charge on any atom is -0.445 e. The SMILES string of the molecule is CC(C)C[C@H](NC(=O)OCc1ccccc1)C(=O)N[C@@H](Cc1ccccc1)C(=O)CS(C)(=O)=O. The van der Waals surface area contributed by atoms with E-state index in [2.05, 4.69) is 10.6 Å². The number of Topliss-reactive ketones (excluding diaryl/α,β-unsaturated/α-hetero) is 1. The van der Waals surface area contributed by atoms with Gasteiger partial charge >= 0.3 is 6.09 Å². The van der Waals surface area contributed by atoms with Crippen molar-refractivity contribution in [2.45, 2.75) is 45.4 Å². The number of alkyl carbamates (subject to hydrolysis) is 1. The van der Waals surface area contributed by atoms with E-state index >= 15 is 0 Å². The third-order valence-corrected chi connectivity index (χ3v) is 5.73. The summed E-state index contributed by atoms with van der Waals surface area (Å²) < 4.78 is 28.6. The lowest BCUT2D eigenvalue weighted by atomic mass is 10.00. The number of carbonyl (C=O) groups is 3. The third-order valence-electron chi connectivity index (χ3n) is 4.92. The van der Waals surface area contributed by atoms with Crippen LogP contribution in [-0.2, 0) is 37.2 Å². The highest BCUT2D eigenvalue weighted by Gasteiger charge is 2.29. The predicted octanol–water partition coefficient (Wildman–Crippen LogP) is 2.67. The van der Waals surface area contributed by atoms with E-state index in [1.165, 1.54) is 0 Å². The lowest BCUT2D eigenvalue weighted by molar-refractivity contribution is -0.128. The van der Waals surface area contributed by atoms with Crippen molar-refractivity contribution in [1.29, 1.82) is 0 Å². The lowest BCUT2D eigenvalue weighted by Gasteiger charge is -2.24. The van der Waals surface area contributed by atoms with Crippen LogP contribution in [0.25, 0.3) is 0 Å². The van der Waals surface area contributed by atoms with Crippen LogP contribution in [0.1, 0.15) is 31.4 Å². The number of hydrogen-bond acceptors (Lipinski definition) is 6. The first kappa shape index (κ1) is 27.0. The van der Waals surface area contributed by atoms with Gasteiger partial charge in [0.15, 0.2) is 15.6 Å². The Balaban J connectivity index is 2.11. The summed E-state index contributed by atoms with van der Waals surface area (Å²) in [6.07, 6.45) is 0.656. The Morgan fingerprint density at radius 2 is 1.41 bits per heavy atom. The molecule has 0 heterocycles. The van der Waals surface area contributed by atoms with Crippen LogP contribution < -0.4 is 10.6 Å². The van der Waals surface area contributed by atoms with Crippen LogP contribution in [0.5, 0.6) is 0 Å². The van der Waals surface area contributed by atoms with Gasteiger partial charge in [-0.15, -0.1) is 0 Å². The fraction of sp³-hybridized carbons (Fsp3) is 0.400. The molecule has 2 rings (SSSR count). The van der Waals surface area contributed by atoms with E-state index in [0.717, 1.165) is 17.4 Å². The molecule has 0 bridgehead atoms. The number of sulfone groups is 1. The van der Waals surface area contributed by atoms with Gasteiger partial charge in [0.05, 0.1) is 6.04 Å². The molecule has 0 aromatic heterocycles. The van der Waals surface area contributed by atoms with E-state index in [1.807, 2.05) is 50.2 Å². The topological polar surface area (TPSA) is 119 Å². The average molecular weight is 489 g/mol. The molecule has 2 atom stereocenters. The van der Waals surface area contributed by atoms with Crippen molar-refractivity contribution in [3.63, 3.8) is 0 Å². The summed E-state index contributed by atoms with van der Waals surface area (Å²) in [6.45, 7) is 3.84. The molecule has 0 spiro atoms. The molecule has 0 saturated heterocycles. The molecule has 0 aliphatic carbocycles. The van der Waals surface area contributed by atoms with Crippen LogP contribution in [0, 0.1) is 5.92 Å². The van der Waals surface area contributed by atoms with E-state index in [1.54, 1.807) is 24.3 Å². The van der Waals surface area contributed by atoms with Crippen LogP contribution in [0.2, 0.25) is 0 Å².